The third-order valence-corrected chi connectivity index (χ3v) is 4.51. The van der Waals surface area contributed by atoms with Crippen molar-refractivity contribution < 1.29 is 14.3 Å². The molecule has 19 heavy (non-hydrogen) atoms. The van der Waals surface area contributed by atoms with Gasteiger partial charge in [0.05, 0.1) is 30.3 Å². The standard InChI is InChI=1S/C15H23NO3/c1-14(17)5-9-19-15(12-14)3-6-16(7-4-15)10-13-2-8-18-11-13/h2,8,11,17H,3-7,9-10,12H2,1H3. The van der Waals surface area contributed by atoms with E-state index in [2.05, 4.69) is 4.90 Å². The van der Waals surface area contributed by atoms with Crippen molar-refractivity contribution in [3.63, 3.8) is 0 Å². The van der Waals surface area contributed by atoms with Gasteiger partial charge in [-0.3, -0.25) is 4.90 Å². The zero-order chi connectivity index (χ0) is 13.3. The Hall–Kier alpha value is -0.840. The average molecular weight is 265 g/mol. The van der Waals surface area contributed by atoms with Crippen LogP contribution in [-0.4, -0.2) is 40.9 Å². The van der Waals surface area contributed by atoms with Crippen LogP contribution in [0.4, 0.5) is 0 Å². The lowest BCUT2D eigenvalue weighted by atomic mass is 9.78. The van der Waals surface area contributed by atoms with E-state index in [-0.39, 0.29) is 5.60 Å². The molecular weight excluding hydrogens is 242 g/mol. The quantitative estimate of drug-likeness (QED) is 0.890. The number of nitrogens with zero attached hydrogens (tertiary/aromatic N) is 1. The van der Waals surface area contributed by atoms with Gasteiger partial charge < -0.3 is 14.3 Å². The van der Waals surface area contributed by atoms with Crippen LogP contribution in [0.15, 0.2) is 23.0 Å². The molecule has 1 atom stereocenters. The Balaban J connectivity index is 1.57. The maximum absolute atomic E-state index is 10.3. The molecule has 0 aromatic carbocycles. The van der Waals surface area contributed by atoms with Crippen LogP contribution in [0.2, 0.25) is 0 Å². The van der Waals surface area contributed by atoms with Gasteiger partial charge in [0.2, 0.25) is 0 Å². The second-order valence-electron chi connectivity index (χ2n) is 6.36. The number of rotatable bonds is 2. The molecule has 0 aliphatic carbocycles. The minimum Gasteiger partial charge on any atom is -0.472 e. The van der Waals surface area contributed by atoms with Gasteiger partial charge in [-0.05, 0) is 32.3 Å². The van der Waals surface area contributed by atoms with Gasteiger partial charge in [0.25, 0.3) is 0 Å². The largest absolute Gasteiger partial charge is 0.472 e. The Labute approximate surface area is 114 Å². The Morgan fingerprint density at radius 1 is 1.32 bits per heavy atom. The van der Waals surface area contributed by atoms with Crippen LogP contribution in [0.1, 0.15) is 38.2 Å². The van der Waals surface area contributed by atoms with Gasteiger partial charge in [-0.25, -0.2) is 0 Å². The molecule has 1 spiro atoms. The highest BCUT2D eigenvalue weighted by atomic mass is 16.5. The second kappa shape index (κ2) is 4.93. The predicted octanol–water partition coefficient (Wildman–Crippen LogP) is 2.18. The van der Waals surface area contributed by atoms with Crippen molar-refractivity contribution in [3.05, 3.63) is 24.2 Å². The molecule has 1 N–H and O–H groups in total. The highest BCUT2D eigenvalue weighted by Crippen LogP contribution is 2.39. The Kier molecular flexibility index (Phi) is 3.41. The molecule has 3 rings (SSSR count). The molecule has 3 heterocycles. The van der Waals surface area contributed by atoms with Crippen molar-refractivity contribution in [2.45, 2.75) is 50.4 Å². The van der Waals surface area contributed by atoms with Crippen LogP contribution in [0, 0.1) is 0 Å². The molecule has 1 aromatic rings. The zero-order valence-electron chi connectivity index (χ0n) is 11.6. The molecule has 106 valence electrons. The first-order chi connectivity index (χ1) is 9.07. The van der Waals surface area contributed by atoms with Crippen molar-refractivity contribution >= 4 is 0 Å². The van der Waals surface area contributed by atoms with Crippen LogP contribution in [-0.2, 0) is 11.3 Å². The first kappa shape index (κ1) is 13.2. The van der Waals surface area contributed by atoms with Gasteiger partial charge in [0.15, 0.2) is 0 Å². The molecule has 4 nitrogen and oxygen atoms in total. The summed E-state index contributed by atoms with van der Waals surface area (Å²) in [7, 11) is 0. The van der Waals surface area contributed by atoms with E-state index in [0.29, 0.717) is 6.61 Å². The number of hydrogen-bond donors (Lipinski definition) is 1. The fraction of sp³-hybridized carbons (Fsp3) is 0.733. The molecule has 0 bridgehead atoms. The summed E-state index contributed by atoms with van der Waals surface area (Å²) >= 11 is 0. The molecule has 0 saturated carbocycles. The summed E-state index contributed by atoms with van der Waals surface area (Å²) in [5.74, 6) is 0. The lowest BCUT2D eigenvalue weighted by molar-refractivity contribution is -0.173. The maximum atomic E-state index is 10.3. The molecule has 1 unspecified atom stereocenters. The molecule has 0 radical (unpaired) electrons. The van der Waals surface area contributed by atoms with Crippen LogP contribution in [0.3, 0.4) is 0 Å². The topological polar surface area (TPSA) is 45.8 Å². The molecule has 1 aromatic heterocycles. The number of piperidine rings is 1. The Morgan fingerprint density at radius 3 is 2.74 bits per heavy atom. The van der Waals surface area contributed by atoms with Gasteiger partial charge in [-0.15, -0.1) is 0 Å². The fourth-order valence-electron chi connectivity index (χ4n) is 3.40. The van der Waals surface area contributed by atoms with E-state index >= 15 is 0 Å². The van der Waals surface area contributed by atoms with Gasteiger partial charge >= 0.3 is 0 Å². The zero-order valence-corrected chi connectivity index (χ0v) is 11.6. The van der Waals surface area contributed by atoms with Gasteiger partial charge in [-0.1, -0.05) is 0 Å². The van der Waals surface area contributed by atoms with Crippen LogP contribution in [0.5, 0.6) is 0 Å². The summed E-state index contributed by atoms with van der Waals surface area (Å²) in [5.41, 5.74) is 0.590. The van der Waals surface area contributed by atoms with Crippen molar-refractivity contribution in [1.29, 1.82) is 0 Å². The summed E-state index contributed by atoms with van der Waals surface area (Å²) in [5, 5.41) is 10.3. The highest BCUT2D eigenvalue weighted by molar-refractivity contribution is 5.06. The fourth-order valence-corrected chi connectivity index (χ4v) is 3.40. The van der Waals surface area contributed by atoms with E-state index < -0.39 is 5.60 Å². The number of furan rings is 1. The van der Waals surface area contributed by atoms with E-state index in [0.717, 1.165) is 45.3 Å². The SMILES string of the molecule is CC1(O)CCOC2(CCN(Cc3ccoc3)CC2)C1. The molecule has 2 fully saturated rings. The van der Waals surface area contributed by atoms with Crippen molar-refractivity contribution in [1.82, 2.24) is 4.90 Å². The Morgan fingerprint density at radius 2 is 2.11 bits per heavy atom. The van der Waals surface area contributed by atoms with Gasteiger partial charge in [-0.2, -0.15) is 0 Å². The second-order valence-corrected chi connectivity index (χ2v) is 6.36. The van der Waals surface area contributed by atoms with Crippen molar-refractivity contribution in [2.24, 2.45) is 0 Å². The lowest BCUT2D eigenvalue weighted by Gasteiger charge is -2.48. The molecule has 2 aliphatic rings. The van der Waals surface area contributed by atoms with Crippen LogP contribution >= 0.6 is 0 Å². The molecular formula is C15H23NO3. The van der Waals surface area contributed by atoms with Gasteiger partial charge in [0, 0.05) is 31.6 Å². The minimum atomic E-state index is -0.551. The summed E-state index contributed by atoms with van der Waals surface area (Å²) in [4.78, 5) is 2.43. The number of likely N-dealkylation sites (tertiary alicyclic amines) is 1. The summed E-state index contributed by atoms with van der Waals surface area (Å²) in [6.45, 7) is 5.63. The van der Waals surface area contributed by atoms with E-state index in [1.54, 1.807) is 6.26 Å². The van der Waals surface area contributed by atoms with Crippen molar-refractivity contribution in [2.75, 3.05) is 19.7 Å². The first-order valence-electron chi connectivity index (χ1n) is 7.17. The van der Waals surface area contributed by atoms with E-state index in [1.165, 1.54) is 5.56 Å². The predicted molar refractivity (Wildman–Crippen MR) is 71.8 cm³/mol. The molecule has 2 aliphatic heterocycles. The third-order valence-electron chi connectivity index (χ3n) is 4.51. The average Bonchev–Trinajstić information content (AvgIpc) is 2.84. The van der Waals surface area contributed by atoms with Crippen LogP contribution in [0.25, 0.3) is 0 Å². The van der Waals surface area contributed by atoms with E-state index in [1.807, 2.05) is 19.3 Å². The first-order valence-corrected chi connectivity index (χ1v) is 7.17. The number of hydrogen-bond acceptors (Lipinski definition) is 4. The normalized spacial score (nSPS) is 31.7. The highest BCUT2D eigenvalue weighted by Gasteiger charge is 2.44. The third kappa shape index (κ3) is 3.02. The minimum absolute atomic E-state index is 0.0886. The molecule has 2 saturated heterocycles. The van der Waals surface area contributed by atoms with E-state index in [9.17, 15) is 5.11 Å². The number of ether oxygens (including phenoxy) is 1. The monoisotopic (exact) mass is 265 g/mol. The Bertz CT molecular complexity index is 405. The van der Waals surface area contributed by atoms with Crippen molar-refractivity contribution in [3.8, 4) is 0 Å². The maximum Gasteiger partial charge on any atom is 0.0947 e. The van der Waals surface area contributed by atoms with Gasteiger partial charge in [0.1, 0.15) is 0 Å². The smallest absolute Gasteiger partial charge is 0.0947 e. The lowest BCUT2D eigenvalue weighted by Crippen LogP contribution is -2.53. The summed E-state index contributed by atoms with van der Waals surface area (Å²) in [6, 6.07) is 2.02. The van der Waals surface area contributed by atoms with Crippen LogP contribution < -0.4 is 0 Å². The van der Waals surface area contributed by atoms with E-state index in [4.69, 9.17) is 9.15 Å². The summed E-state index contributed by atoms with van der Waals surface area (Å²) in [6.07, 6.45) is 7.10. The molecule has 0 amide bonds. The number of aliphatic hydroxyl groups is 1. The molecule has 4 heteroatoms. The summed E-state index contributed by atoms with van der Waals surface area (Å²) < 4.78 is 11.1.